The highest BCUT2D eigenvalue weighted by molar-refractivity contribution is 5.98. The largest absolute Gasteiger partial charge is 0.503 e. The number of amides is 2. The van der Waals surface area contributed by atoms with Crippen LogP contribution in [0, 0.1) is 23.7 Å². The lowest BCUT2D eigenvalue weighted by atomic mass is 10.00. The lowest BCUT2D eigenvalue weighted by Gasteiger charge is -2.27. The number of cyclic esters (lactones) is 4. The predicted octanol–water partition coefficient (Wildman–Crippen LogP) is 2.16. The Hall–Kier alpha value is -5.69. The maximum Gasteiger partial charge on any atom is 0.408 e. The Kier molecular flexibility index (Phi) is 17.7. The van der Waals surface area contributed by atoms with Gasteiger partial charge in [-0.2, -0.15) is 0 Å². The van der Waals surface area contributed by atoms with Crippen LogP contribution in [0.4, 0.5) is 4.79 Å². The van der Waals surface area contributed by atoms with Crippen LogP contribution in [-0.2, 0) is 61.9 Å². The summed E-state index contributed by atoms with van der Waals surface area (Å²) in [5.74, 6) is -8.24. The molecule has 1 aromatic heterocycles. The highest BCUT2D eigenvalue weighted by Crippen LogP contribution is 2.28. The van der Waals surface area contributed by atoms with Crippen LogP contribution in [-0.4, -0.2) is 120 Å². The summed E-state index contributed by atoms with van der Waals surface area (Å²) in [6.07, 6.45) is -3.57. The molecule has 1 aromatic rings. The average Bonchev–Trinajstić information content (AvgIpc) is 3.18. The molecule has 3 heterocycles. The highest BCUT2D eigenvalue weighted by atomic mass is 16.6. The van der Waals surface area contributed by atoms with Crippen LogP contribution in [0.25, 0.3) is 0 Å². The molecule has 20 heteroatoms. The molecule has 58 heavy (non-hydrogen) atoms. The Bertz CT molecular complexity index is 1670. The Morgan fingerprint density at radius 2 is 1.19 bits per heavy atom. The molecule has 0 radical (unpaired) electrons. The van der Waals surface area contributed by atoms with E-state index in [1.54, 1.807) is 48.5 Å². The number of alkyl carbamates (subject to hydrolysis) is 1. The molecule has 2 aliphatic heterocycles. The van der Waals surface area contributed by atoms with Crippen molar-refractivity contribution < 1.29 is 81.4 Å². The van der Waals surface area contributed by atoms with Gasteiger partial charge in [-0.1, -0.05) is 27.7 Å². The molecule has 0 aromatic carbocycles. The van der Waals surface area contributed by atoms with Crippen LogP contribution in [0.2, 0.25) is 0 Å². The minimum Gasteiger partial charge on any atom is -0.503 e. The minimum absolute atomic E-state index is 0.0147. The summed E-state index contributed by atoms with van der Waals surface area (Å²) in [7, 11) is 1.30. The molecule has 2 aliphatic rings. The zero-order chi connectivity index (χ0) is 44.2. The Balaban J connectivity index is 0.000000404. The van der Waals surface area contributed by atoms with Crippen molar-refractivity contribution in [1.82, 2.24) is 15.6 Å². The normalized spacial score (nSPS) is 25.4. The van der Waals surface area contributed by atoms with E-state index in [4.69, 9.17) is 37.9 Å². The molecule has 324 valence electrons. The third-order valence-electron chi connectivity index (χ3n) is 8.38. The first kappa shape index (κ1) is 48.5. The number of esters is 6. The number of rotatable bonds is 8. The Morgan fingerprint density at radius 1 is 0.759 bits per heavy atom. The number of carbonyl (C=O) groups excluding carboxylic acids is 8. The molecule has 0 unspecified atom stereocenters. The molecule has 8 atom stereocenters. The van der Waals surface area contributed by atoms with Crippen molar-refractivity contribution in [3.63, 3.8) is 0 Å². The van der Waals surface area contributed by atoms with Crippen molar-refractivity contribution in [2.24, 2.45) is 23.7 Å². The van der Waals surface area contributed by atoms with Gasteiger partial charge in [0.05, 0.1) is 30.8 Å². The summed E-state index contributed by atoms with van der Waals surface area (Å²) in [5, 5.41) is 14.7. The van der Waals surface area contributed by atoms with Gasteiger partial charge in [0.1, 0.15) is 31.0 Å². The average molecular weight is 826 g/mol. The summed E-state index contributed by atoms with van der Waals surface area (Å²) in [6, 6.07) is -1.26. The van der Waals surface area contributed by atoms with E-state index in [9.17, 15) is 43.5 Å². The van der Waals surface area contributed by atoms with E-state index in [1.807, 2.05) is 0 Å². The molecular weight excluding hydrogens is 770 g/mol. The maximum absolute atomic E-state index is 12.6. The van der Waals surface area contributed by atoms with Crippen LogP contribution in [0.15, 0.2) is 12.3 Å². The second kappa shape index (κ2) is 21.2. The van der Waals surface area contributed by atoms with Crippen molar-refractivity contribution in [3.8, 4) is 11.5 Å². The second-order valence-corrected chi connectivity index (χ2v) is 15.2. The molecule has 3 N–H and O–H groups in total. The van der Waals surface area contributed by atoms with E-state index in [2.05, 4.69) is 15.6 Å². The minimum atomic E-state index is -1.38. The van der Waals surface area contributed by atoms with E-state index >= 15 is 0 Å². The number of hydrogen-bond donors (Lipinski definition) is 3. The highest BCUT2D eigenvalue weighted by Gasteiger charge is 2.41. The Labute approximate surface area is 336 Å². The molecule has 0 aliphatic carbocycles. The zero-order valence-corrected chi connectivity index (χ0v) is 34.8. The summed E-state index contributed by atoms with van der Waals surface area (Å²) >= 11 is 0. The molecule has 2 amide bonds. The number of hydrogen-bond acceptors (Lipinski definition) is 18. The fourth-order valence-electron chi connectivity index (χ4n) is 5.06. The monoisotopic (exact) mass is 825 g/mol. The zero-order valence-electron chi connectivity index (χ0n) is 34.8. The van der Waals surface area contributed by atoms with Crippen LogP contribution >= 0.6 is 0 Å². The summed E-state index contributed by atoms with van der Waals surface area (Å²) in [4.78, 5) is 102. The number of pyridine rings is 1. The van der Waals surface area contributed by atoms with Gasteiger partial charge in [0.25, 0.3) is 5.91 Å². The molecule has 0 bridgehead atoms. The van der Waals surface area contributed by atoms with Gasteiger partial charge in [-0.3, -0.25) is 24.0 Å². The van der Waals surface area contributed by atoms with Gasteiger partial charge in [-0.05, 0) is 48.5 Å². The van der Waals surface area contributed by atoms with Gasteiger partial charge in [-0.15, -0.1) is 0 Å². The van der Waals surface area contributed by atoms with Crippen LogP contribution in [0.1, 0.15) is 86.6 Å². The SMILES string of the molecule is CC(C)C(=O)O[C@H]1[C@H](C)OC(=O)[C@@H](NC(=O)OC(C)(C)C)COC(=O)[C@@H]1C.COc1ccnc(C(=O)N[C@H]2COC(=O)[C@H](C)[C@@H](OC(=O)C(C)C)[C@H](C)OC2=O)c1O. The molecule has 20 nitrogen and oxygen atoms in total. The smallest absolute Gasteiger partial charge is 0.408 e. The number of methoxy groups -OCH3 is 1. The van der Waals surface area contributed by atoms with Crippen LogP contribution in [0.3, 0.4) is 0 Å². The molecule has 3 rings (SSSR count). The number of aromatic hydroxyl groups is 1. The first-order valence-electron chi connectivity index (χ1n) is 18.6. The lowest BCUT2D eigenvalue weighted by Crippen LogP contribution is -2.48. The fourth-order valence-corrected chi connectivity index (χ4v) is 5.06. The van der Waals surface area contributed by atoms with Gasteiger partial charge in [-0.25, -0.2) is 19.4 Å². The van der Waals surface area contributed by atoms with E-state index in [0.29, 0.717) is 0 Å². The van der Waals surface area contributed by atoms with Gasteiger partial charge in [0, 0.05) is 12.3 Å². The number of aromatic nitrogens is 1. The van der Waals surface area contributed by atoms with Gasteiger partial charge in [0.15, 0.2) is 41.5 Å². The second-order valence-electron chi connectivity index (χ2n) is 15.2. The Morgan fingerprint density at radius 3 is 1.59 bits per heavy atom. The van der Waals surface area contributed by atoms with Crippen molar-refractivity contribution in [2.75, 3.05) is 20.3 Å². The number of nitrogens with zero attached hydrogens (tertiary/aromatic N) is 1. The molecule has 2 saturated heterocycles. The molecule has 2 fully saturated rings. The van der Waals surface area contributed by atoms with Gasteiger partial charge in [0.2, 0.25) is 0 Å². The summed E-state index contributed by atoms with van der Waals surface area (Å²) < 4.78 is 41.6. The van der Waals surface area contributed by atoms with E-state index in [-0.39, 0.29) is 11.4 Å². The first-order valence-corrected chi connectivity index (χ1v) is 18.6. The van der Waals surface area contributed by atoms with Gasteiger partial charge < -0.3 is 53.6 Å². The topological polar surface area (TPSA) is 268 Å². The van der Waals surface area contributed by atoms with Crippen molar-refractivity contribution in [1.29, 1.82) is 0 Å². The molecular formula is C38H55N3O17. The fraction of sp³-hybridized carbons (Fsp3) is 0.658. The van der Waals surface area contributed by atoms with Crippen molar-refractivity contribution >= 4 is 47.8 Å². The molecule has 0 saturated carbocycles. The van der Waals surface area contributed by atoms with Crippen molar-refractivity contribution in [2.45, 2.75) is 118 Å². The predicted molar refractivity (Wildman–Crippen MR) is 198 cm³/mol. The number of nitrogens with one attached hydrogen (secondary N) is 2. The third kappa shape index (κ3) is 14.0. The summed E-state index contributed by atoms with van der Waals surface area (Å²) in [5.41, 5.74) is -1.15. The van der Waals surface area contributed by atoms with E-state index in [1.165, 1.54) is 47.1 Å². The lowest BCUT2D eigenvalue weighted by molar-refractivity contribution is -0.176. The van der Waals surface area contributed by atoms with E-state index < -0.39 is 133 Å². The standard InChI is InChI=1S/C20H26N2O9.C18H29NO8/c1-9(2)18(25)31-16-10(3)19(26)29-8-12(20(27)30-11(16)4)22-17(24)14-15(23)13(28-5)6-7-21-14;1-9(2)14(20)26-13-10(3)15(21)24-8-12(16(22)25-11(13)4)19-17(23)27-18(5,6)7/h6-7,9-12,16,23H,8H2,1-5H3,(H,22,24);9-13H,8H2,1-7H3,(H,19,23)/t10-,11+,12+,16-;10-,11+,12+,13-/m11/s1. The molecule has 0 spiro atoms. The van der Waals surface area contributed by atoms with Crippen LogP contribution < -0.4 is 15.4 Å². The summed E-state index contributed by atoms with van der Waals surface area (Å²) in [6.45, 7) is 16.6. The van der Waals surface area contributed by atoms with E-state index in [0.717, 1.165) is 0 Å². The number of ether oxygens (including phenoxy) is 8. The third-order valence-corrected chi connectivity index (χ3v) is 8.38. The maximum atomic E-state index is 12.6. The van der Waals surface area contributed by atoms with Gasteiger partial charge >= 0.3 is 41.9 Å². The number of carbonyl (C=O) groups is 8. The quantitative estimate of drug-likeness (QED) is 0.250. The first-order chi connectivity index (χ1) is 26.9. The van der Waals surface area contributed by atoms with Crippen LogP contribution in [0.5, 0.6) is 11.5 Å². The van der Waals surface area contributed by atoms with Crippen molar-refractivity contribution in [3.05, 3.63) is 18.0 Å².